The van der Waals surface area contributed by atoms with E-state index in [2.05, 4.69) is 5.10 Å². The van der Waals surface area contributed by atoms with Crippen LogP contribution < -0.4 is 5.32 Å². The number of halogens is 3. The molecule has 0 spiro atoms. The Balaban J connectivity index is 2.22. The fourth-order valence-corrected chi connectivity index (χ4v) is 2.18. The number of carbonyl (C=O) groups excluding carboxylic acids is 1. The van der Waals surface area contributed by atoms with Crippen molar-refractivity contribution in [3.05, 3.63) is 17.0 Å². The number of carboxylic acid groups (broad SMARTS) is 1. The summed E-state index contributed by atoms with van der Waals surface area (Å²) in [6.07, 6.45) is -2.84. The fourth-order valence-electron chi connectivity index (χ4n) is 2.18. The van der Waals surface area contributed by atoms with Gasteiger partial charge in [0.1, 0.15) is 5.56 Å². The average Bonchev–Trinajstić information content (AvgIpc) is 2.72. The van der Waals surface area contributed by atoms with Crippen LogP contribution >= 0.6 is 0 Å². The number of nitrogens with one attached hydrogen (secondary N) is 1. The van der Waals surface area contributed by atoms with E-state index in [4.69, 9.17) is 5.11 Å². The van der Waals surface area contributed by atoms with Gasteiger partial charge in [-0.1, -0.05) is 0 Å². The monoisotopic (exact) mass is 291 g/mol. The predicted octanol–water partition coefficient (Wildman–Crippen LogP) is 1.10. The molecule has 2 rings (SSSR count). The zero-order chi connectivity index (χ0) is 14.9. The average molecular weight is 291 g/mol. The second-order valence-electron chi connectivity index (χ2n) is 4.43. The molecule has 20 heavy (non-hydrogen) atoms. The number of rotatable bonds is 3. The summed E-state index contributed by atoms with van der Waals surface area (Å²) in [5.41, 5.74) is 0.346. The standard InChI is InChI=1S/C11H12F3N3O3/c12-11(13,14)10(20)15-5-6-8(9(18)19)7-3-1-2-4-17(7)16-6/h1-5H2,(H,15,20)(H,18,19). The van der Waals surface area contributed by atoms with Gasteiger partial charge in [0.05, 0.1) is 17.9 Å². The molecule has 1 aliphatic heterocycles. The minimum absolute atomic E-state index is 0.0491. The molecule has 0 saturated heterocycles. The lowest BCUT2D eigenvalue weighted by molar-refractivity contribution is -0.173. The molecule has 6 nitrogen and oxygen atoms in total. The van der Waals surface area contributed by atoms with E-state index in [1.807, 2.05) is 0 Å². The van der Waals surface area contributed by atoms with Gasteiger partial charge < -0.3 is 10.4 Å². The second kappa shape index (κ2) is 5.14. The molecule has 2 N–H and O–H groups in total. The number of alkyl halides is 3. The van der Waals surface area contributed by atoms with Crippen LogP contribution in [0, 0.1) is 0 Å². The topological polar surface area (TPSA) is 84.2 Å². The molecule has 0 aromatic carbocycles. The largest absolute Gasteiger partial charge is 0.478 e. The number of carboxylic acids is 1. The molecule has 1 aromatic rings. The maximum atomic E-state index is 12.1. The van der Waals surface area contributed by atoms with Crippen LogP contribution in [0.25, 0.3) is 0 Å². The number of hydrogen-bond acceptors (Lipinski definition) is 3. The number of aromatic carboxylic acids is 1. The molecular weight excluding hydrogens is 279 g/mol. The van der Waals surface area contributed by atoms with E-state index in [0.29, 0.717) is 18.7 Å². The lowest BCUT2D eigenvalue weighted by Gasteiger charge is -2.13. The van der Waals surface area contributed by atoms with E-state index < -0.39 is 24.6 Å². The van der Waals surface area contributed by atoms with Crippen molar-refractivity contribution >= 4 is 11.9 Å². The first kappa shape index (κ1) is 14.4. The Hall–Kier alpha value is -2.06. The second-order valence-corrected chi connectivity index (χ2v) is 4.43. The van der Waals surface area contributed by atoms with Gasteiger partial charge in [-0.25, -0.2) is 4.79 Å². The van der Waals surface area contributed by atoms with Crippen LogP contribution in [-0.2, 0) is 24.3 Å². The Morgan fingerprint density at radius 3 is 2.65 bits per heavy atom. The highest BCUT2D eigenvalue weighted by atomic mass is 19.4. The van der Waals surface area contributed by atoms with E-state index in [1.54, 1.807) is 5.32 Å². The Morgan fingerprint density at radius 2 is 2.05 bits per heavy atom. The van der Waals surface area contributed by atoms with Gasteiger partial charge in [-0.3, -0.25) is 9.48 Å². The van der Waals surface area contributed by atoms with Crippen LogP contribution in [0.4, 0.5) is 13.2 Å². The van der Waals surface area contributed by atoms with E-state index in [1.165, 1.54) is 4.68 Å². The molecule has 1 aromatic heterocycles. The van der Waals surface area contributed by atoms with Gasteiger partial charge in [-0.05, 0) is 19.3 Å². The zero-order valence-corrected chi connectivity index (χ0v) is 10.3. The Morgan fingerprint density at radius 1 is 1.35 bits per heavy atom. The molecule has 0 fully saturated rings. The summed E-state index contributed by atoms with van der Waals surface area (Å²) >= 11 is 0. The molecule has 0 saturated carbocycles. The van der Waals surface area contributed by atoms with Crippen molar-refractivity contribution in [2.45, 2.75) is 38.5 Å². The van der Waals surface area contributed by atoms with Crippen molar-refractivity contribution in [3.8, 4) is 0 Å². The minimum atomic E-state index is -5.00. The van der Waals surface area contributed by atoms with E-state index in [-0.39, 0.29) is 11.3 Å². The van der Waals surface area contributed by atoms with Crippen LogP contribution in [-0.4, -0.2) is 32.9 Å². The molecule has 110 valence electrons. The molecule has 2 heterocycles. The van der Waals surface area contributed by atoms with Gasteiger partial charge in [0, 0.05) is 6.54 Å². The first-order valence-electron chi connectivity index (χ1n) is 5.97. The van der Waals surface area contributed by atoms with Gasteiger partial charge in [-0.2, -0.15) is 18.3 Å². The van der Waals surface area contributed by atoms with Crippen LogP contribution in [0.1, 0.15) is 34.6 Å². The van der Waals surface area contributed by atoms with Crippen molar-refractivity contribution in [3.63, 3.8) is 0 Å². The van der Waals surface area contributed by atoms with E-state index >= 15 is 0 Å². The van der Waals surface area contributed by atoms with Crippen LogP contribution in [0.2, 0.25) is 0 Å². The lowest BCUT2D eigenvalue weighted by Crippen LogP contribution is -2.36. The van der Waals surface area contributed by atoms with Gasteiger partial charge in [0.2, 0.25) is 0 Å². The van der Waals surface area contributed by atoms with Gasteiger partial charge >= 0.3 is 18.1 Å². The molecule has 0 radical (unpaired) electrons. The van der Waals surface area contributed by atoms with E-state index in [9.17, 15) is 22.8 Å². The van der Waals surface area contributed by atoms with Gasteiger partial charge in [0.25, 0.3) is 0 Å². The third-order valence-corrected chi connectivity index (χ3v) is 3.05. The molecule has 0 bridgehead atoms. The van der Waals surface area contributed by atoms with Crippen molar-refractivity contribution in [2.75, 3.05) is 0 Å². The Kier molecular flexibility index (Phi) is 3.69. The number of hydrogen-bond donors (Lipinski definition) is 2. The van der Waals surface area contributed by atoms with Crippen LogP contribution in [0.15, 0.2) is 0 Å². The summed E-state index contributed by atoms with van der Waals surface area (Å²) in [4.78, 5) is 22.0. The SMILES string of the molecule is O=C(O)c1c(CNC(=O)C(F)(F)F)nn2c1CCCC2. The number of aryl methyl sites for hydroxylation is 1. The lowest BCUT2D eigenvalue weighted by atomic mass is 10.0. The Bertz CT molecular complexity index is 551. The smallest absolute Gasteiger partial charge is 0.471 e. The maximum absolute atomic E-state index is 12.1. The highest BCUT2D eigenvalue weighted by Gasteiger charge is 2.38. The third-order valence-electron chi connectivity index (χ3n) is 3.05. The summed E-state index contributed by atoms with van der Waals surface area (Å²) in [6, 6.07) is 0. The minimum Gasteiger partial charge on any atom is -0.478 e. The summed E-state index contributed by atoms with van der Waals surface area (Å²) < 4.78 is 37.7. The maximum Gasteiger partial charge on any atom is 0.471 e. The Labute approximate surface area is 111 Å². The predicted molar refractivity (Wildman–Crippen MR) is 60.0 cm³/mol. The number of amides is 1. The molecule has 1 aliphatic rings. The van der Waals surface area contributed by atoms with Crippen LogP contribution in [0.3, 0.4) is 0 Å². The van der Waals surface area contributed by atoms with Crippen molar-refractivity contribution in [1.29, 1.82) is 0 Å². The zero-order valence-electron chi connectivity index (χ0n) is 10.3. The van der Waals surface area contributed by atoms with Crippen LogP contribution in [0.5, 0.6) is 0 Å². The van der Waals surface area contributed by atoms with Crippen molar-refractivity contribution in [2.24, 2.45) is 0 Å². The first-order chi connectivity index (χ1) is 9.30. The molecule has 0 atom stereocenters. The van der Waals surface area contributed by atoms with Crippen molar-refractivity contribution in [1.82, 2.24) is 15.1 Å². The number of nitrogens with zero attached hydrogens (tertiary/aromatic N) is 2. The summed E-state index contributed by atoms with van der Waals surface area (Å²) in [5.74, 6) is -3.36. The number of carbonyl (C=O) groups is 2. The quantitative estimate of drug-likeness (QED) is 0.873. The summed E-state index contributed by atoms with van der Waals surface area (Å²) in [7, 11) is 0. The van der Waals surface area contributed by atoms with E-state index in [0.717, 1.165) is 12.8 Å². The van der Waals surface area contributed by atoms with Gasteiger partial charge in [0.15, 0.2) is 0 Å². The first-order valence-corrected chi connectivity index (χ1v) is 5.97. The third kappa shape index (κ3) is 2.75. The molecule has 0 unspecified atom stereocenters. The molecule has 1 amide bonds. The fraction of sp³-hybridized carbons (Fsp3) is 0.545. The molecular formula is C11H12F3N3O3. The summed E-state index contributed by atoms with van der Waals surface area (Å²) in [5, 5.41) is 14.8. The molecule has 0 aliphatic carbocycles. The number of aromatic nitrogens is 2. The van der Waals surface area contributed by atoms with Gasteiger partial charge in [-0.15, -0.1) is 0 Å². The normalized spacial score (nSPS) is 14.8. The van der Waals surface area contributed by atoms with Crippen molar-refractivity contribution < 1.29 is 27.9 Å². The highest BCUT2D eigenvalue weighted by molar-refractivity contribution is 5.90. The highest BCUT2D eigenvalue weighted by Crippen LogP contribution is 2.22. The number of fused-ring (bicyclic) bond motifs is 1. The summed E-state index contributed by atoms with van der Waals surface area (Å²) in [6.45, 7) is -0.0250. The molecule has 9 heteroatoms.